The summed E-state index contributed by atoms with van der Waals surface area (Å²) in [6, 6.07) is 21.4. The Morgan fingerprint density at radius 1 is 0.971 bits per heavy atom. The molecule has 4 aromatic rings. The quantitative estimate of drug-likeness (QED) is 0.303. The zero-order valence-electron chi connectivity index (χ0n) is 20.1. The molecule has 0 fully saturated rings. The van der Waals surface area contributed by atoms with Crippen LogP contribution < -0.4 is 4.74 Å². The van der Waals surface area contributed by atoms with Gasteiger partial charge in [0, 0.05) is 29.8 Å². The first-order valence-electron chi connectivity index (χ1n) is 11.4. The molecule has 2 aromatic heterocycles. The lowest BCUT2D eigenvalue weighted by atomic mass is 10.1. The maximum atomic E-state index is 12.5. The van der Waals surface area contributed by atoms with Crippen LogP contribution in [-0.4, -0.2) is 29.2 Å². The van der Waals surface area contributed by atoms with E-state index in [9.17, 15) is 4.79 Å². The third kappa shape index (κ3) is 5.22. The van der Waals surface area contributed by atoms with E-state index in [2.05, 4.69) is 4.98 Å². The van der Waals surface area contributed by atoms with Gasteiger partial charge in [-0.2, -0.15) is 0 Å². The number of benzene rings is 2. The van der Waals surface area contributed by atoms with Crippen LogP contribution in [0.15, 0.2) is 71.1 Å². The van der Waals surface area contributed by atoms with Crippen LogP contribution in [0.25, 0.3) is 11.5 Å². The number of oxazole rings is 1. The van der Waals surface area contributed by atoms with Gasteiger partial charge in [0.05, 0.1) is 19.4 Å². The molecule has 0 saturated heterocycles. The Kier molecular flexibility index (Phi) is 7.16. The molecule has 2 heterocycles. The van der Waals surface area contributed by atoms with Crippen LogP contribution >= 0.6 is 0 Å². The molecule has 6 nitrogen and oxygen atoms in total. The summed E-state index contributed by atoms with van der Waals surface area (Å²) in [4.78, 5) is 17.1. The number of carbonyl (C=O) groups excluding carboxylic acids is 1. The van der Waals surface area contributed by atoms with Gasteiger partial charge in [-0.1, -0.05) is 30.3 Å². The van der Waals surface area contributed by atoms with Crippen LogP contribution in [0.4, 0.5) is 0 Å². The zero-order chi connectivity index (χ0) is 24.1. The molecule has 176 valence electrons. The fourth-order valence-corrected chi connectivity index (χ4v) is 4.16. The molecule has 6 heteroatoms. The molecule has 2 aromatic carbocycles. The van der Waals surface area contributed by atoms with Crippen molar-refractivity contribution >= 4 is 5.97 Å². The molecule has 1 atom stereocenters. The maximum absolute atomic E-state index is 12.5. The lowest BCUT2D eigenvalue weighted by Gasteiger charge is -2.20. The van der Waals surface area contributed by atoms with Crippen LogP contribution in [-0.2, 0) is 22.4 Å². The van der Waals surface area contributed by atoms with E-state index in [0.29, 0.717) is 25.3 Å². The molecule has 0 aliphatic carbocycles. The second-order valence-electron chi connectivity index (χ2n) is 8.36. The SMILES string of the molecule is COC(=O)[C@H](Cc1ccc(OCCc2nc(-c3ccccc3)oc2C)cc1)n1c(C)ccc1C. The Bertz CT molecular complexity index is 1220. The number of methoxy groups -OCH3 is 1. The average molecular weight is 459 g/mol. The van der Waals surface area contributed by atoms with Crippen molar-refractivity contribution in [3.05, 3.63) is 95.1 Å². The van der Waals surface area contributed by atoms with Crippen molar-refractivity contribution in [2.75, 3.05) is 13.7 Å². The number of esters is 1. The van der Waals surface area contributed by atoms with Crippen LogP contribution in [0.1, 0.15) is 34.4 Å². The first-order valence-corrected chi connectivity index (χ1v) is 11.4. The molecule has 0 aliphatic heterocycles. The smallest absolute Gasteiger partial charge is 0.329 e. The van der Waals surface area contributed by atoms with E-state index in [-0.39, 0.29) is 5.97 Å². The Labute approximate surface area is 200 Å². The number of hydrogen-bond donors (Lipinski definition) is 0. The van der Waals surface area contributed by atoms with Crippen molar-refractivity contribution < 1.29 is 18.7 Å². The third-order valence-corrected chi connectivity index (χ3v) is 5.98. The van der Waals surface area contributed by atoms with E-state index in [4.69, 9.17) is 13.9 Å². The van der Waals surface area contributed by atoms with Crippen molar-refractivity contribution in [3.8, 4) is 17.2 Å². The van der Waals surface area contributed by atoms with Gasteiger partial charge in [-0.3, -0.25) is 0 Å². The van der Waals surface area contributed by atoms with Crippen LogP contribution in [0, 0.1) is 20.8 Å². The highest BCUT2D eigenvalue weighted by atomic mass is 16.5. The lowest BCUT2D eigenvalue weighted by molar-refractivity contribution is -0.144. The highest BCUT2D eigenvalue weighted by molar-refractivity contribution is 5.75. The summed E-state index contributed by atoms with van der Waals surface area (Å²) < 4.78 is 18.9. The first kappa shape index (κ1) is 23.4. The summed E-state index contributed by atoms with van der Waals surface area (Å²) in [5.74, 6) is 1.96. The van der Waals surface area contributed by atoms with Crippen LogP contribution in [0.3, 0.4) is 0 Å². The molecule has 0 bridgehead atoms. The van der Waals surface area contributed by atoms with E-state index < -0.39 is 6.04 Å². The average Bonchev–Trinajstić information content (AvgIpc) is 3.39. The molecule has 0 amide bonds. The first-order chi connectivity index (χ1) is 16.5. The second-order valence-corrected chi connectivity index (χ2v) is 8.36. The predicted octanol–water partition coefficient (Wildman–Crippen LogP) is 5.65. The van der Waals surface area contributed by atoms with E-state index in [1.54, 1.807) is 0 Å². The highest BCUT2D eigenvalue weighted by Crippen LogP contribution is 2.24. The van der Waals surface area contributed by atoms with Crippen molar-refractivity contribution in [1.82, 2.24) is 9.55 Å². The molecule has 34 heavy (non-hydrogen) atoms. The number of rotatable bonds is 9. The molecule has 0 aliphatic rings. The van der Waals surface area contributed by atoms with E-state index >= 15 is 0 Å². The minimum absolute atomic E-state index is 0.249. The lowest BCUT2D eigenvalue weighted by Crippen LogP contribution is -2.24. The van der Waals surface area contributed by atoms with Crippen molar-refractivity contribution in [1.29, 1.82) is 0 Å². The fourth-order valence-electron chi connectivity index (χ4n) is 4.16. The summed E-state index contributed by atoms with van der Waals surface area (Å²) in [7, 11) is 1.43. The van der Waals surface area contributed by atoms with Crippen molar-refractivity contribution in [2.24, 2.45) is 0 Å². The molecule has 0 unspecified atom stereocenters. The van der Waals surface area contributed by atoms with Gasteiger partial charge < -0.3 is 18.5 Å². The number of aryl methyl sites for hydroxylation is 3. The number of aromatic nitrogens is 2. The van der Waals surface area contributed by atoms with Gasteiger partial charge in [0.25, 0.3) is 0 Å². The molecule has 4 rings (SSSR count). The molecular weight excluding hydrogens is 428 g/mol. The summed E-state index contributed by atoms with van der Waals surface area (Å²) in [6.07, 6.45) is 1.20. The Morgan fingerprint density at radius 3 is 2.29 bits per heavy atom. The van der Waals surface area contributed by atoms with Crippen LogP contribution in [0.2, 0.25) is 0 Å². The van der Waals surface area contributed by atoms with Crippen molar-refractivity contribution in [2.45, 2.75) is 39.7 Å². The number of hydrogen-bond acceptors (Lipinski definition) is 5. The van der Waals surface area contributed by atoms with Gasteiger partial charge in [-0.25, -0.2) is 9.78 Å². The summed E-state index contributed by atoms with van der Waals surface area (Å²) in [5, 5.41) is 0. The number of carbonyl (C=O) groups is 1. The second kappa shape index (κ2) is 10.4. The van der Waals surface area contributed by atoms with Gasteiger partial charge in [-0.15, -0.1) is 0 Å². The third-order valence-electron chi connectivity index (χ3n) is 5.98. The molecule has 0 N–H and O–H groups in total. The molecule has 0 saturated carbocycles. The Balaban J connectivity index is 1.37. The van der Waals surface area contributed by atoms with Crippen LogP contribution in [0.5, 0.6) is 5.75 Å². The zero-order valence-corrected chi connectivity index (χ0v) is 20.1. The Hall–Kier alpha value is -3.80. The molecular formula is C28H30N2O4. The van der Waals surface area contributed by atoms with E-state index in [1.807, 2.05) is 92.1 Å². The standard InChI is InChI=1S/C28H30N2O4/c1-19-10-11-20(2)30(19)26(28(31)32-4)18-22-12-14-24(15-13-22)33-17-16-25-21(3)34-27(29-25)23-8-6-5-7-9-23/h5-15,26H,16-18H2,1-4H3/t26-/m0/s1. The molecule has 0 radical (unpaired) electrons. The topological polar surface area (TPSA) is 66.5 Å². The number of ether oxygens (including phenoxy) is 2. The number of nitrogens with zero attached hydrogens (tertiary/aromatic N) is 2. The van der Waals surface area contributed by atoms with E-state index in [0.717, 1.165) is 39.7 Å². The predicted molar refractivity (Wildman–Crippen MR) is 131 cm³/mol. The summed E-state index contributed by atoms with van der Waals surface area (Å²) >= 11 is 0. The van der Waals surface area contributed by atoms with Gasteiger partial charge in [0.15, 0.2) is 0 Å². The van der Waals surface area contributed by atoms with Gasteiger partial charge in [0.1, 0.15) is 17.6 Å². The molecule has 0 spiro atoms. The summed E-state index contributed by atoms with van der Waals surface area (Å²) in [6.45, 7) is 6.42. The monoisotopic (exact) mass is 458 g/mol. The largest absolute Gasteiger partial charge is 0.493 e. The Morgan fingerprint density at radius 2 is 1.65 bits per heavy atom. The van der Waals surface area contributed by atoms with Gasteiger partial charge >= 0.3 is 5.97 Å². The summed E-state index contributed by atoms with van der Waals surface area (Å²) in [5.41, 5.74) is 4.96. The van der Waals surface area contributed by atoms with Gasteiger partial charge in [0.2, 0.25) is 5.89 Å². The van der Waals surface area contributed by atoms with Crippen molar-refractivity contribution in [3.63, 3.8) is 0 Å². The van der Waals surface area contributed by atoms with E-state index in [1.165, 1.54) is 7.11 Å². The fraction of sp³-hybridized carbons (Fsp3) is 0.286. The minimum Gasteiger partial charge on any atom is -0.493 e. The maximum Gasteiger partial charge on any atom is 0.329 e. The minimum atomic E-state index is -0.402. The normalized spacial score (nSPS) is 11.9. The van der Waals surface area contributed by atoms with Gasteiger partial charge in [-0.05, 0) is 62.7 Å². The highest BCUT2D eigenvalue weighted by Gasteiger charge is 2.24.